The summed E-state index contributed by atoms with van der Waals surface area (Å²) in [6, 6.07) is 0. The number of hydrogen-bond acceptors (Lipinski definition) is 3. The Labute approximate surface area is 91.0 Å². The van der Waals surface area contributed by atoms with Crippen molar-refractivity contribution in [2.24, 2.45) is 0 Å². The van der Waals surface area contributed by atoms with Gasteiger partial charge in [-0.25, -0.2) is 0 Å². The third-order valence-electron chi connectivity index (χ3n) is 3.32. The van der Waals surface area contributed by atoms with E-state index in [1.54, 1.807) is 12.2 Å². The van der Waals surface area contributed by atoms with Crippen LogP contribution in [-0.4, -0.2) is 29.4 Å². The second kappa shape index (κ2) is 4.37. The molecular weight excluding hydrogens is 190 g/mol. The van der Waals surface area contributed by atoms with Crippen LogP contribution in [0.3, 0.4) is 0 Å². The van der Waals surface area contributed by atoms with E-state index in [1.807, 2.05) is 18.4 Å². The average molecular weight is 209 g/mol. The van der Waals surface area contributed by atoms with Gasteiger partial charge in [0.1, 0.15) is 0 Å². The van der Waals surface area contributed by atoms with Gasteiger partial charge in [0.05, 0.1) is 19.3 Å². The summed E-state index contributed by atoms with van der Waals surface area (Å²) in [5, 5.41) is 12.3. The summed E-state index contributed by atoms with van der Waals surface area (Å²) in [4.78, 5) is 5.15. The molecule has 0 atom stereocenters. The minimum atomic E-state index is -0.619. The summed E-state index contributed by atoms with van der Waals surface area (Å²) in [6.45, 7) is 0.760. The lowest BCUT2D eigenvalue weighted by molar-refractivity contribution is -0.0829. The van der Waals surface area contributed by atoms with Gasteiger partial charge >= 0.3 is 0 Å². The fourth-order valence-electron chi connectivity index (χ4n) is 2.36. The second-order valence-corrected chi connectivity index (χ2v) is 4.36. The van der Waals surface area contributed by atoms with Crippen LogP contribution in [0.1, 0.15) is 32.1 Å². The molecule has 1 saturated carbocycles. The Morgan fingerprint density at radius 1 is 1.33 bits per heavy atom. The van der Waals surface area contributed by atoms with Gasteiger partial charge in [-0.1, -0.05) is 31.4 Å². The summed E-state index contributed by atoms with van der Waals surface area (Å²) in [7, 11) is 1.65. The summed E-state index contributed by atoms with van der Waals surface area (Å²) in [6.07, 6.45) is 11.2. The van der Waals surface area contributed by atoms with Gasteiger partial charge in [0, 0.05) is 11.8 Å². The lowest BCUT2D eigenvalue weighted by atomic mass is 9.79. The molecule has 0 unspecified atom stereocenters. The van der Waals surface area contributed by atoms with E-state index in [0.29, 0.717) is 0 Å². The van der Waals surface area contributed by atoms with Crippen LogP contribution in [0.5, 0.6) is 0 Å². The summed E-state index contributed by atoms with van der Waals surface area (Å²) >= 11 is 0. The molecule has 0 aromatic rings. The molecule has 1 fully saturated rings. The van der Waals surface area contributed by atoms with Crippen molar-refractivity contribution in [1.29, 1.82) is 0 Å². The first-order chi connectivity index (χ1) is 7.24. The van der Waals surface area contributed by atoms with E-state index in [4.69, 9.17) is 4.84 Å². The molecule has 1 aliphatic heterocycles. The SMILES string of the molecule is CON1C=C(C2(O)CCCCC2)C=CC1. The van der Waals surface area contributed by atoms with Crippen LogP contribution in [0.4, 0.5) is 0 Å². The van der Waals surface area contributed by atoms with Gasteiger partial charge in [-0.15, -0.1) is 0 Å². The van der Waals surface area contributed by atoms with E-state index >= 15 is 0 Å². The molecule has 15 heavy (non-hydrogen) atoms. The molecule has 3 nitrogen and oxygen atoms in total. The number of hydrogen-bond donors (Lipinski definition) is 1. The van der Waals surface area contributed by atoms with Crippen LogP contribution in [0.25, 0.3) is 0 Å². The normalized spacial score (nSPS) is 25.2. The molecule has 1 N–H and O–H groups in total. The van der Waals surface area contributed by atoms with Gasteiger partial charge in [0.15, 0.2) is 0 Å². The molecule has 0 bridgehead atoms. The zero-order chi connectivity index (χ0) is 10.7. The van der Waals surface area contributed by atoms with E-state index in [-0.39, 0.29) is 0 Å². The molecule has 0 aromatic heterocycles. The Morgan fingerprint density at radius 3 is 2.73 bits per heavy atom. The lowest BCUT2D eigenvalue weighted by Gasteiger charge is -2.35. The molecule has 2 aliphatic rings. The Kier molecular flexibility index (Phi) is 3.12. The highest BCUT2D eigenvalue weighted by atomic mass is 16.7. The van der Waals surface area contributed by atoms with E-state index in [0.717, 1.165) is 37.8 Å². The van der Waals surface area contributed by atoms with Crippen molar-refractivity contribution in [3.63, 3.8) is 0 Å². The summed E-state index contributed by atoms with van der Waals surface area (Å²) in [5.41, 5.74) is 0.377. The Hall–Kier alpha value is -0.800. The van der Waals surface area contributed by atoms with Crippen LogP contribution in [0, 0.1) is 0 Å². The van der Waals surface area contributed by atoms with Crippen LogP contribution >= 0.6 is 0 Å². The minimum absolute atomic E-state index is 0.619. The van der Waals surface area contributed by atoms with E-state index in [2.05, 4.69) is 0 Å². The van der Waals surface area contributed by atoms with Gasteiger partial charge in [0.25, 0.3) is 0 Å². The van der Waals surface area contributed by atoms with Crippen LogP contribution < -0.4 is 0 Å². The van der Waals surface area contributed by atoms with Crippen molar-refractivity contribution in [3.8, 4) is 0 Å². The monoisotopic (exact) mass is 209 g/mol. The highest BCUT2D eigenvalue weighted by Gasteiger charge is 2.33. The average Bonchev–Trinajstić information content (AvgIpc) is 2.30. The topological polar surface area (TPSA) is 32.7 Å². The fourth-order valence-corrected chi connectivity index (χ4v) is 2.36. The quantitative estimate of drug-likeness (QED) is 0.755. The molecule has 0 aromatic carbocycles. The Morgan fingerprint density at radius 2 is 2.07 bits per heavy atom. The molecular formula is C12H19NO2. The largest absolute Gasteiger partial charge is 0.385 e. The Balaban J connectivity index is 2.14. The van der Waals surface area contributed by atoms with Crippen LogP contribution in [-0.2, 0) is 4.84 Å². The maximum Gasteiger partial charge on any atom is 0.0911 e. The molecule has 2 rings (SSSR count). The van der Waals surface area contributed by atoms with E-state index in [1.165, 1.54) is 6.42 Å². The molecule has 84 valence electrons. The van der Waals surface area contributed by atoms with Crippen molar-refractivity contribution in [2.45, 2.75) is 37.7 Å². The highest BCUT2D eigenvalue weighted by molar-refractivity contribution is 5.31. The van der Waals surface area contributed by atoms with Crippen LogP contribution in [0.15, 0.2) is 23.9 Å². The molecule has 0 amide bonds. The van der Waals surface area contributed by atoms with E-state index < -0.39 is 5.60 Å². The lowest BCUT2D eigenvalue weighted by Crippen LogP contribution is -2.35. The maximum atomic E-state index is 10.5. The number of rotatable bonds is 2. The van der Waals surface area contributed by atoms with Gasteiger partial charge in [-0.05, 0) is 12.8 Å². The molecule has 3 heteroatoms. The third kappa shape index (κ3) is 2.24. The first kappa shape index (κ1) is 10.7. The number of aliphatic hydroxyl groups is 1. The zero-order valence-corrected chi connectivity index (χ0v) is 9.28. The molecule has 0 radical (unpaired) electrons. The summed E-state index contributed by atoms with van der Waals surface area (Å²) in [5.74, 6) is 0. The standard InChI is InChI=1S/C12H19NO2/c1-15-13-9-5-6-11(10-13)12(14)7-3-2-4-8-12/h5-6,10,14H,2-4,7-9H2,1H3. The van der Waals surface area contributed by atoms with Gasteiger partial charge in [0.2, 0.25) is 0 Å². The number of nitrogens with zero attached hydrogens (tertiary/aromatic N) is 1. The predicted octanol–water partition coefficient (Wildman–Crippen LogP) is 2.00. The molecule has 1 aliphatic carbocycles. The highest BCUT2D eigenvalue weighted by Crippen LogP contribution is 2.35. The smallest absolute Gasteiger partial charge is 0.0911 e. The molecule has 1 heterocycles. The van der Waals surface area contributed by atoms with Crippen molar-refractivity contribution in [3.05, 3.63) is 23.9 Å². The van der Waals surface area contributed by atoms with Crippen molar-refractivity contribution in [2.75, 3.05) is 13.7 Å². The second-order valence-electron chi connectivity index (χ2n) is 4.36. The predicted molar refractivity (Wildman–Crippen MR) is 59.0 cm³/mol. The Bertz CT molecular complexity index is 277. The van der Waals surface area contributed by atoms with Crippen molar-refractivity contribution in [1.82, 2.24) is 5.06 Å². The first-order valence-electron chi connectivity index (χ1n) is 5.66. The molecule has 0 saturated heterocycles. The summed E-state index contributed by atoms with van der Waals surface area (Å²) < 4.78 is 0. The minimum Gasteiger partial charge on any atom is -0.385 e. The first-order valence-corrected chi connectivity index (χ1v) is 5.66. The van der Waals surface area contributed by atoms with E-state index in [9.17, 15) is 5.11 Å². The molecule has 0 spiro atoms. The fraction of sp³-hybridized carbons (Fsp3) is 0.667. The van der Waals surface area contributed by atoms with Gasteiger partial charge in [-0.3, -0.25) is 9.90 Å². The van der Waals surface area contributed by atoms with Gasteiger partial charge in [-0.2, -0.15) is 0 Å². The zero-order valence-electron chi connectivity index (χ0n) is 9.28. The number of hydroxylamine groups is 2. The maximum absolute atomic E-state index is 10.5. The van der Waals surface area contributed by atoms with Crippen molar-refractivity contribution >= 4 is 0 Å². The van der Waals surface area contributed by atoms with Gasteiger partial charge < -0.3 is 5.11 Å². The third-order valence-corrected chi connectivity index (χ3v) is 3.32. The van der Waals surface area contributed by atoms with Crippen molar-refractivity contribution < 1.29 is 9.94 Å². The van der Waals surface area contributed by atoms with Crippen LogP contribution in [0.2, 0.25) is 0 Å².